The second-order valence-corrected chi connectivity index (χ2v) is 7.15. The lowest BCUT2D eigenvalue weighted by molar-refractivity contribution is 0.0992. The molecule has 0 bridgehead atoms. The maximum absolute atomic E-state index is 14.2. The van der Waals surface area contributed by atoms with Gasteiger partial charge < -0.3 is 16.8 Å². The molecule has 5 N–H and O–H groups in total. The van der Waals surface area contributed by atoms with Gasteiger partial charge in [-0.25, -0.2) is 14.1 Å². The molecule has 4 rings (SSSR count). The van der Waals surface area contributed by atoms with E-state index in [1.165, 1.54) is 41.1 Å². The summed E-state index contributed by atoms with van der Waals surface area (Å²) < 4.78 is 15.6. The molecule has 2 amide bonds. The number of nitrogens with one attached hydrogen (secondary N) is 1. The smallest absolute Gasteiger partial charge is 0.269 e. The first kappa shape index (κ1) is 21.0. The summed E-state index contributed by atoms with van der Waals surface area (Å²) in [6.45, 7) is 0. The zero-order valence-electron chi connectivity index (χ0n) is 16.4. The summed E-state index contributed by atoms with van der Waals surface area (Å²) in [5, 5.41) is 6.97. The Hall–Kier alpha value is -4.24. The van der Waals surface area contributed by atoms with Crippen molar-refractivity contribution in [2.45, 2.75) is 0 Å². The van der Waals surface area contributed by atoms with Gasteiger partial charge >= 0.3 is 0 Å². The number of rotatable bonds is 5. The number of aromatic nitrogens is 3. The lowest BCUT2D eigenvalue weighted by Gasteiger charge is -2.11. The average molecular weight is 451 g/mol. The number of pyridine rings is 1. The van der Waals surface area contributed by atoms with Gasteiger partial charge in [-0.2, -0.15) is 5.10 Å². The van der Waals surface area contributed by atoms with Crippen LogP contribution in [0, 0.1) is 5.82 Å². The Morgan fingerprint density at radius 1 is 1.03 bits per heavy atom. The molecule has 0 radical (unpaired) electrons. The van der Waals surface area contributed by atoms with E-state index in [-0.39, 0.29) is 33.6 Å². The Morgan fingerprint density at radius 2 is 1.78 bits per heavy atom. The third-order valence-corrected chi connectivity index (χ3v) is 4.89. The molecule has 0 atom stereocenters. The van der Waals surface area contributed by atoms with Crippen molar-refractivity contribution in [2.75, 3.05) is 11.1 Å². The minimum Gasteiger partial charge on any atom is -0.384 e. The largest absolute Gasteiger partial charge is 0.384 e. The molecule has 160 valence electrons. The molecule has 0 fully saturated rings. The van der Waals surface area contributed by atoms with E-state index < -0.39 is 17.6 Å². The normalized spacial score (nSPS) is 10.7. The number of amides is 2. The highest BCUT2D eigenvalue weighted by Gasteiger charge is 2.19. The van der Waals surface area contributed by atoms with Crippen molar-refractivity contribution in [1.29, 1.82) is 0 Å². The van der Waals surface area contributed by atoms with E-state index in [2.05, 4.69) is 15.4 Å². The molecule has 2 aromatic heterocycles. The highest BCUT2D eigenvalue weighted by molar-refractivity contribution is 6.34. The van der Waals surface area contributed by atoms with Crippen LogP contribution >= 0.6 is 11.6 Å². The first-order chi connectivity index (χ1) is 15.3. The molecule has 4 aromatic rings. The van der Waals surface area contributed by atoms with Crippen LogP contribution in [0.2, 0.25) is 5.02 Å². The van der Waals surface area contributed by atoms with Crippen molar-refractivity contribution in [3.63, 3.8) is 0 Å². The zero-order valence-corrected chi connectivity index (χ0v) is 17.2. The van der Waals surface area contributed by atoms with E-state index in [4.69, 9.17) is 23.1 Å². The van der Waals surface area contributed by atoms with Crippen LogP contribution in [-0.2, 0) is 0 Å². The number of nitrogens with zero attached hydrogens (tertiary/aromatic N) is 3. The van der Waals surface area contributed by atoms with E-state index >= 15 is 0 Å². The second-order valence-electron chi connectivity index (χ2n) is 6.74. The second kappa shape index (κ2) is 8.48. The van der Waals surface area contributed by atoms with E-state index in [0.29, 0.717) is 11.3 Å². The standard InChI is InChI=1S/C22H16ClFN6O2/c23-15-7-6-12(20-16(24)8-9-18(25)27-20)10-14(15)22(32)28-19-11-17(21(26)31)29-30(19)13-4-2-1-3-5-13/h1-11H,(H2,25,27)(H2,26,31)(H,28,32). The van der Waals surface area contributed by atoms with Crippen molar-refractivity contribution in [3.8, 4) is 16.9 Å². The van der Waals surface area contributed by atoms with Gasteiger partial charge in [-0.15, -0.1) is 0 Å². The number of anilines is 2. The topological polar surface area (TPSA) is 129 Å². The summed E-state index contributed by atoms with van der Waals surface area (Å²) in [5.74, 6) is -1.62. The summed E-state index contributed by atoms with van der Waals surface area (Å²) in [6.07, 6.45) is 0. The van der Waals surface area contributed by atoms with Crippen molar-refractivity contribution in [1.82, 2.24) is 14.8 Å². The van der Waals surface area contributed by atoms with E-state index in [9.17, 15) is 14.0 Å². The van der Waals surface area contributed by atoms with Gasteiger partial charge in [0.2, 0.25) is 0 Å². The fraction of sp³-hybridized carbons (Fsp3) is 0. The fourth-order valence-corrected chi connectivity index (χ4v) is 3.25. The molecular formula is C22H16ClFN6O2. The fourth-order valence-electron chi connectivity index (χ4n) is 3.05. The van der Waals surface area contributed by atoms with Gasteiger partial charge in [0, 0.05) is 11.6 Å². The Bertz CT molecular complexity index is 1340. The number of carbonyl (C=O) groups excluding carboxylic acids is 2. The lowest BCUT2D eigenvalue weighted by atomic mass is 10.1. The molecule has 32 heavy (non-hydrogen) atoms. The molecule has 0 saturated heterocycles. The predicted octanol–water partition coefficient (Wildman–Crippen LogP) is 3.66. The number of halogens is 2. The van der Waals surface area contributed by atoms with Crippen LogP contribution in [0.4, 0.5) is 16.0 Å². The molecule has 2 aromatic carbocycles. The highest BCUT2D eigenvalue weighted by Crippen LogP contribution is 2.28. The van der Waals surface area contributed by atoms with Gasteiger partial charge in [-0.05, 0) is 36.4 Å². The van der Waals surface area contributed by atoms with Crippen molar-refractivity contribution in [2.24, 2.45) is 5.73 Å². The van der Waals surface area contributed by atoms with Crippen molar-refractivity contribution >= 4 is 35.1 Å². The van der Waals surface area contributed by atoms with Crippen LogP contribution < -0.4 is 16.8 Å². The average Bonchev–Trinajstić information content (AvgIpc) is 3.20. The van der Waals surface area contributed by atoms with Crippen molar-refractivity contribution < 1.29 is 14.0 Å². The summed E-state index contributed by atoms with van der Waals surface area (Å²) >= 11 is 6.23. The van der Waals surface area contributed by atoms with E-state index in [0.717, 1.165) is 0 Å². The first-order valence-electron chi connectivity index (χ1n) is 9.32. The lowest BCUT2D eigenvalue weighted by Crippen LogP contribution is -2.16. The Morgan fingerprint density at radius 3 is 2.50 bits per heavy atom. The monoisotopic (exact) mass is 450 g/mol. The Kier molecular flexibility index (Phi) is 5.57. The minimum atomic E-state index is -0.751. The van der Waals surface area contributed by atoms with Crippen LogP contribution in [0.25, 0.3) is 16.9 Å². The van der Waals surface area contributed by atoms with Gasteiger partial charge in [0.1, 0.15) is 23.1 Å². The summed E-state index contributed by atoms with van der Waals surface area (Å²) in [5.41, 5.74) is 11.9. The summed E-state index contributed by atoms with van der Waals surface area (Å²) in [6, 6.07) is 17.1. The first-order valence-corrected chi connectivity index (χ1v) is 9.70. The number of hydrogen-bond donors (Lipinski definition) is 3. The number of para-hydroxylation sites is 1. The van der Waals surface area contributed by atoms with Crippen molar-refractivity contribution in [3.05, 3.63) is 88.8 Å². The molecular weight excluding hydrogens is 435 g/mol. The van der Waals surface area contributed by atoms with Gasteiger partial charge in [-0.1, -0.05) is 35.9 Å². The van der Waals surface area contributed by atoms with Gasteiger partial charge in [0.05, 0.1) is 16.3 Å². The van der Waals surface area contributed by atoms with Crippen LogP contribution in [0.5, 0.6) is 0 Å². The number of primary amides is 1. The Balaban J connectivity index is 1.72. The summed E-state index contributed by atoms with van der Waals surface area (Å²) in [7, 11) is 0. The van der Waals surface area contributed by atoms with Crippen LogP contribution in [0.1, 0.15) is 20.8 Å². The van der Waals surface area contributed by atoms with E-state index in [1.807, 2.05) is 6.07 Å². The van der Waals surface area contributed by atoms with Crippen LogP contribution in [-0.4, -0.2) is 26.6 Å². The highest BCUT2D eigenvalue weighted by atomic mass is 35.5. The maximum atomic E-state index is 14.2. The minimum absolute atomic E-state index is 0.0129. The van der Waals surface area contributed by atoms with Gasteiger partial charge in [-0.3, -0.25) is 9.59 Å². The molecule has 2 heterocycles. The molecule has 0 aliphatic carbocycles. The number of nitrogens with two attached hydrogens (primary N) is 2. The predicted molar refractivity (Wildman–Crippen MR) is 119 cm³/mol. The molecule has 0 unspecified atom stereocenters. The Labute approximate surface area is 186 Å². The van der Waals surface area contributed by atoms with Gasteiger partial charge in [0.25, 0.3) is 11.8 Å². The third-order valence-electron chi connectivity index (χ3n) is 4.56. The SMILES string of the molecule is NC(=O)c1cc(NC(=O)c2cc(-c3nc(N)ccc3F)ccc2Cl)n(-c2ccccc2)n1. The molecule has 10 heteroatoms. The van der Waals surface area contributed by atoms with Gasteiger partial charge in [0.15, 0.2) is 5.69 Å². The van der Waals surface area contributed by atoms with Crippen LogP contribution in [0.15, 0.2) is 66.7 Å². The number of carbonyl (C=O) groups is 2. The molecule has 0 aliphatic rings. The number of benzene rings is 2. The molecule has 0 saturated carbocycles. The quantitative estimate of drug-likeness (QED) is 0.427. The molecule has 0 aliphatic heterocycles. The van der Waals surface area contributed by atoms with E-state index in [1.54, 1.807) is 24.3 Å². The maximum Gasteiger partial charge on any atom is 0.269 e. The molecule has 8 nitrogen and oxygen atoms in total. The number of hydrogen-bond acceptors (Lipinski definition) is 5. The number of nitrogen functional groups attached to an aromatic ring is 1. The molecule has 0 spiro atoms. The van der Waals surface area contributed by atoms with Crippen LogP contribution in [0.3, 0.4) is 0 Å². The zero-order chi connectivity index (χ0) is 22.8. The third kappa shape index (κ3) is 4.14. The summed E-state index contributed by atoms with van der Waals surface area (Å²) in [4.78, 5) is 28.7.